The Labute approximate surface area is 64.4 Å². The minimum absolute atomic E-state index is 0.179. The van der Waals surface area contributed by atoms with Crippen molar-refractivity contribution >= 4 is 23.2 Å². The zero-order chi connectivity index (χ0) is 8.41. The molecule has 60 valence electrons. The maximum absolute atomic E-state index is 11.5. The van der Waals surface area contributed by atoms with Crippen LogP contribution in [0.4, 0.5) is 17.6 Å². The fourth-order valence-electron chi connectivity index (χ4n) is 0.189. The van der Waals surface area contributed by atoms with Crippen LogP contribution in [0.3, 0.4) is 0 Å². The number of halogens is 6. The topological polar surface area (TPSA) is 0 Å². The third kappa shape index (κ3) is 8.04. The van der Waals surface area contributed by atoms with Gasteiger partial charge in [-0.2, -0.15) is 17.6 Å². The van der Waals surface area contributed by atoms with E-state index in [9.17, 15) is 17.6 Å². The van der Waals surface area contributed by atoms with E-state index in [4.69, 9.17) is 0 Å². The lowest BCUT2D eigenvalue weighted by atomic mass is 10.5. The van der Waals surface area contributed by atoms with E-state index < -0.39 is 10.8 Å². The first-order valence-corrected chi connectivity index (χ1v) is 2.80. The summed E-state index contributed by atoms with van der Waals surface area (Å²) in [6.45, 7) is 0. The van der Waals surface area contributed by atoms with E-state index in [0.29, 0.717) is 0 Å². The standard InChI is InChI=1S/C4H2Cl2F4/c5-3(7,8)1-2-4(6,9)10/h1-2H/b2-1+. The molecule has 10 heavy (non-hydrogen) atoms. The van der Waals surface area contributed by atoms with E-state index in [1.807, 2.05) is 0 Å². The molecule has 0 amide bonds. The summed E-state index contributed by atoms with van der Waals surface area (Å²) in [5.74, 6) is 0. The van der Waals surface area contributed by atoms with E-state index >= 15 is 0 Å². The molecular formula is C4H2Cl2F4. The quantitative estimate of drug-likeness (QED) is 0.362. The number of hydrogen-bond donors (Lipinski definition) is 0. The summed E-state index contributed by atoms with van der Waals surface area (Å²) in [6.07, 6.45) is -0.358. The van der Waals surface area contributed by atoms with Gasteiger partial charge in [-0.1, -0.05) is 0 Å². The lowest BCUT2D eigenvalue weighted by molar-refractivity contribution is 0.133. The minimum Gasteiger partial charge on any atom is -0.184 e. The van der Waals surface area contributed by atoms with Crippen LogP contribution in [0, 0.1) is 0 Å². The molecule has 0 spiro atoms. The highest BCUT2D eigenvalue weighted by Crippen LogP contribution is 2.26. The molecule has 0 atom stereocenters. The van der Waals surface area contributed by atoms with Crippen molar-refractivity contribution < 1.29 is 17.6 Å². The van der Waals surface area contributed by atoms with Crippen molar-refractivity contribution in [3.63, 3.8) is 0 Å². The fraction of sp³-hybridized carbons (Fsp3) is 0.500. The van der Waals surface area contributed by atoms with E-state index in [0.717, 1.165) is 0 Å². The van der Waals surface area contributed by atoms with Crippen LogP contribution in [0.1, 0.15) is 0 Å². The van der Waals surface area contributed by atoms with Crippen LogP contribution >= 0.6 is 23.2 Å². The first kappa shape index (κ1) is 10.0. The summed E-state index contributed by atoms with van der Waals surface area (Å²) < 4.78 is 46.2. The monoisotopic (exact) mass is 196 g/mol. The number of allylic oxidation sites excluding steroid dienone is 2. The normalized spacial score (nSPS) is 14.6. The molecular weight excluding hydrogens is 195 g/mol. The largest absolute Gasteiger partial charge is 0.341 e. The highest BCUT2D eigenvalue weighted by atomic mass is 35.5. The zero-order valence-corrected chi connectivity index (χ0v) is 5.93. The van der Waals surface area contributed by atoms with Crippen molar-refractivity contribution in [2.24, 2.45) is 0 Å². The van der Waals surface area contributed by atoms with Crippen LogP contribution in [0.2, 0.25) is 0 Å². The maximum Gasteiger partial charge on any atom is 0.341 e. The zero-order valence-electron chi connectivity index (χ0n) is 4.42. The number of rotatable bonds is 2. The van der Waals surface area contributed by atoms with Crippen LogP contribution in [0.15, 0.2) is 12.2 Å². The van der Waals surface area contributed by atoms with Gasteiger partial charge in [-0.05, 0) is 23.2 Å². The van der Waals surface area contributed by atoms with Crippen molar-refractivity contribution in [3.8, 4) is 0 Å². The highest BCUT2D eigenvalue weighted by molar-refractivity contribution is 6.24. The van der Waals surface area contributed by atoms with Crippen molar-refractivity contribution in [2.75, 3.05) is 0 Å². The molecule has 0 aliphatic rings. The van der Waals surface area contributed by atoms with Gasteiger partial charge in [0.05, 0.1) is 0 Å². The first-order valence-electron chi connectivity index (χ1n) is 2.04. The maximum atomic E-state index is 11.5. The van der Waals surface area contributed by atoms with Gasteiger partial charge in [-0.15, -0.1) is 0 Å². The summed E-state index contributed by atoms with van der Waals surface area (Å²) in [6, 6.07) is 0. The Kier molecular flexibility index (Phi) is 2.98. The summed E-state index contributed by atoms with van der Waals surface area (Å²) in [7, 11) is 0. The second-order valence-corrected chi connectivity index (χ2v) is 2.42. The molecule has 0 bridgehead atoms. The smallest absolute Gasteiger partial charge is 0.184 e. The van der Waals surface area contributed by atoms with Crippen LogP contribution in [-0.2, 0) is 0 Å². The third-order valence-corrected chi connectivity index (χ3v) is 0.713. The van der Waals surface area contributed by atoms with E-state index in [2.05, 4.69) is 23.2 Å². The van der Waals surface area contributed by atoms with Crippen molar-refractivity contribution in [2.45, 2.75) is 10.8 Å². The molecule has 0 aromatic carbocycles. The van der Waals surface area contributed by atoms with Gasteiger partial charge in [0, 0.05) is 12.2 Å². The molecule has 0 radical (unpaired) electrons. The summed E-state index contributed by atoms with van der Waals surface area (Å²) in [5.41, 5.74) is 0. The van der Waals surface area contributed by atoms with Gasteiger partial charge in [0.2, 0.25) is 0 Å². The minimum atomic E-state index is -3.77. The van der Waals surface area contributed by atoms with Gasteiger partial charge < -0.3 is 0 Å². The first-order chi connectivity index (χ1) is 4.21. The Hall–Kier alpha value is 0.0400. The molecule has 0 N–H and O–H groups in total. The molecule has 0 nitrogen and oxygen atoms in total. The van der Waals surface area contributed by atoms with Crippen molar-refractivity contribution in [3.05, 3.63) is 12.2 Å². The van der Waals surface area contributed by atoms with Gasteiger partial charge in [0.1, 0.15) is 0 Å². The van der Waals surface area contributed by atoms with Crippen molar-refractivity contribution in [1.82, 2.24) is 0 Å². The van der Waals surface area contributed by atoms with Crippen LogP contribution in [0.5, 0.6) is 0 Å². The van der Waals surface area contributed by atoms with Gasteiger partial charge in [0.25, 0.3) is 0 Å². The molecule has 0 saturated carbocycles. The van der Waals surface area contributed by atoms with Crippen LogP contribution in [0.25, 0.3) is 0 Å². The van der Waals surface area contributed by atoms with Gasteiger partial charge in [-0.25, -0.2) is 0 Å². The average Bonchev–Trinajstić information content (AvgIpc) is 1.57. The van der Waals surface area contributed by atoms with E-state index in [-0.39, 0.29) is 12.2 Å². The van der Waals surface area contributed by atoms with Crippen LogP contribution < -0.4 is 0 Å². The van der Waals surface area contributed by atoms with E-state index in [1.165, 1.54) is 0 Å². The average molecular weight is 197 g/mol. The SMILES string of the molecule is FC(F)(Cl)/C=C/C(F)(F)Cl. The molecule has 0 aliphatic heterocycles. The molecule has 0 unspecified atom stereocenters. The van der Waals surface area contributed by atoms with Gasteiger partial charge in [0.15, 0.2) is 0 Å². The predicted molar refractivity (Wildman–Crippen MR) is 30.7 cm³/mol. The number of alkyl halides is 6. The lowest BCUT2D eigenvalue weighted by Gasteiger charge is -2.02. The Morgan fingerprint density at radius 3 is 1.10 bits per heavy atom. The summed E-state index contributed by atoms with van der Waals surface area (Å²) in [4.78, 5) is 0. The molecule has 0 aromatic heterocycles. The fourth-order valence-corrected chi connectivity index (χ4v) is 0.315. The molecule has 0 fully saturated rings. The molecule has 0 heterocycles. The predicted octanol–water partition coefficient (Wildman–Crippen LogP) is 3.21. The number of hydrogen-bond acceptors (Lipinski definition) is 0. The molecule has 0 rings (SSSR count). The van der Waals surface area contributed by atoms with Crippen molar-refractivity contribution in [1.29, 1.82) is 0 Å². The summed E-state index contributed by atoms with van der Waals surface area (Å²) in [5, 5.41) is -7.53. The Morgan fingerprint density at radius 2 is 1.00 bits per heavy atom. The third-order valence-electron chi connectivity index (χ3n) is 0.461. The molecule has 0 saturated heterocycles. The second-order valence-electron chi connectivity index (χ2n) is 1.42. The second kappa shape index (κ2) is 2.96. The van der Waals surface area contributed by atoms with Gasteiger partial charge >= 0.3 is 10.8 Å². The highest BCUT2D eigenvalue weighted by Gasteiger charge is 2.25. The molecule has 6 heteroatoms. The summed E-state index contributed by atoms with van der Waals surface area (Å²) >= 11 is 8.45. The van der Waals surface area contributed by atoms with Gasteiger partial charge in [-0.3, -0.25) is 0 Å². The van der Waals surface area contributed by atoms with E-state index in [1.54, 1.807) is 0 Å². The Balaban J connectivity index is 4.01. The molecule has 0 aromatic rings. The molecule has 0 aliphatic carbocycles. The lowest BCUT2D eigenvalue weighted by Crippen LogP contribution is -2.05. The Bertz CT molecular complexity index is 115. The van der Waals surface area contributed by atoms with Crippen LogP contribution in [-0.4, -0.2) is 10.8 Å². The Morgan fingerprint density at radius 1 is 0.800 bits per heavy atom.